The minimum atomic E-state index is -3.74. The van der Waals surface area contributed by atoms with Crippen LogP contribution in [0.25, 0.3) is 0 Å². The van der Waals surface area contributed by atoms with Crippen LogP contribution in [0.3, 0.4) is 0 Å². The largest absolute Gasteiger partial charge is 0.333 e. The molecule has 1 aliphatic rings. The molecule has 1 N–H and O–H groups in total. The van der Waals surface area contributed by atoms with Gasteiger partial charge in [0.25, 0.3) is 18.5 Å². The highest BCUT2D eigenvalue weighted by atomic mass is 35.7. The second-order valence-corrected chi connectivity index (χ2v) is 6.91. The van der Waals surface area contributed by atoms with Gasteiger partial charge in [0.2, 0.25) is 0 Å². The Hall–Kier alpha value is -1.16. The number of rotatable bonds is 3. The van der Waals surface area contributed by atoms with Crippen molar-refractivity contribution in [3.8, 4) is 0 Å². The van der Waals surface area contributed by atoms with E-state index in [2.05, 4.69) is 0 Å². The summed E-state index contributed by atoms with van der Waals surface area (Å²) in [5.41, 5.74) is 0.639. The van der Waals surface area contributed by atoms with Gasteiger partial charge >= 0.3 is 0 Å². The van der Waals surface area contributed by atoms with Gasteiger partial charge in [0.1, 0.15) is 0 Å². The topological polar surface area (TPSA) is 74.7 Å². The zero-order chi connectivity index (χ0) is 12.6. The average Bonchev–Trinajstić information content (AvgIpc) is 2.49. The van der Waals surface area contributed by atoms with Crippen molar-refractivity contribution in [2.75, 3.05) is 12.7 Å². The summed E-state index contributed by atoms with van der Waals surface area (Å²) in [5, 5.41) is 0. The van der Waals surface area contributed by atoms with Crippen molar-refractivity contribution in [3.63, 3.8) is 0 Å². The summed E-state index contributed by atoms with van der Waals surface area (Å²) in [6.45, 7) is -3.89. The van der Waals surface area contributed by atoms with Crippen molar-refractivity contribution in [3.05, 3.63) is 35.4 Å². The standard InChI is InChI=1S/C10H9ClNO4P/c11-17(15,16)6-5-12-9(13)7-3-1-2-4-8(7)10(12)14/h1-4H,5-6H2,(H,15,16). The van der Waals surface area contributed by atoms with E-state index in [0.717, 1.165) is 4.90 Å². The summed E-state index contributed by atoms with van der Waals surface area (Å²) >= 11 is 5.18. The van der Waals surface area contributed by atoms with Gasteiger partial charge in [-0.1, -0.05) is 12.1 Å². The quantitative estimate of drug-likeness (QED) is 0.672. The van der Waals surface area contributed by atoms with Gasteiger partial charge in [-0.25, -0.2) is 0 Å². The van der Waals surface area contributed by atoms with Crippen LogP contribution < -0.4 is 0 Å². The van der Waals surface area contributed by atoms with E-state index in [9.17, 15) is 14.2 Å². The molecule has 0 aliphatic carbocycles. The lowest BCUT2D eigenvalue weighted by Crippen LogP contribution is -2.32. The molecule has 0 aromatic heterocycles. The lowest BCUT2D eigenvalue weighted by molar-refractivity contribution is 0.0663. The van der Waals surface area contributed by atoms with Crippen LogP contribution in [0.4, 0.5) is 0 Å². The molecule has 17 heavy (non-hydrogen) atoms. The fourth-order valence-corrected chi connectivity index (χ4v) is 2.34. The Morgan fingerprint density at radius 2 is 1.65 bits per heavy atom. The Balaban J connectivity index is 2.22. The monoisotopic (exact) mass is 273 g/mol. The summed E-state index contributed by atoms with van der Waals surface area (Å²) in [5.74, 6) is -0.897. The molecule has 0 bridgehead atoms. The van der Waals surface area contributed by atoms with Crippen molar-refractivity contribution in [1.82, 2.24) is 4.90 Å². The molecule has 0 saturated heterocycles. The van der Waals surface area contributed by atoms with Gasteiger partial charge in [0.15, 0.2) is 0 Å². The fraction of sp³-hybridized carbons (Fsp3) is 0.200. The third kappa shape index (κ3) is 2.41. The number of amides is 2. The molecule has 5 nitrogen and oxygen atoms in total. The van der Waals surface area contributed by atoms with Gasteiger partial charge in [-0.15, -0.1) is 0 Å². The van der Waals surface area contributed by atoms with Crippen molar-refractivity contribution in [2.45, 2.75) is 0 Å². The number of fused-ring (bicyclic) bond motifs is 1. The van der Waals surface area contributed by atoms with Gasteiger partial charge in [0.05, 0.1) is 17.3 Å². The third-order valence-electron chi connectivity index (χ3n) is 2.48. The summed E-state index contributed by atoms with van der Waals surface area (Å²) in [6.07, 6.45) is -0.306. The molecule has 0 radical (unpaired) electrons. The number of imide groups is 1. The maximum Gasteiger partial charge on any atom is 0.289 e. The fourth-order valence-electron chi connectivity index (χ4n) is 1.67. The molecule has 1 unspecified atom stereocenters. The first kappa shape index (κ1) is 12.3. The number of hydrogen-bond acceptors (Lipinski definition) is 3. The first-order valence-electron chi connectivity index (χ1n) is 4.87. The molecular formula is C10H9ClNO4P. The zero-order valence-electron chi connectivity index (χ0n) is 8.67. The molecule has 2 amide bonds. The van der Waals surface area contributed by atoms with Crippen molar-refractivity contribution < 1.29 is 19.0 Å². The Morgan fingerprint density at radius 3 is 2.06 bits per heavy atom. The molecule has 1 atom stereocenters. The van der Waals surface area contributed by atoms with Gasteiger partial charge in [0, 0.05) is 6.54 Å². The maximum absolute atomic E-state index is 11.8. The molecule has 2 rings (SSSR count). The van der Waals surface area contributed by atoms with Crippen LogP contribution in [0.1, 0.15) is 20.7 Å². The smallest absolute Gasteiger partial charge is 0.289 e. The zero-order valence-corrected chi connectivity index (χ0v) is 10.3. The van der Waals surface area contributed by atoms with Gasteiger partial charge < -0.3 is 4.89 Å². The Bertz CT molecular complexity index is 504. The van der Waals surface area contributed by atoms with Crippen LogP contribution in [0.15, 0.2) is 24.3 Å². The third-order valence-corrected chi connectivity index (χ3v) is 3.74. The first-order valence-corrected chi connectivity index (χ1v) is 7.62. The molecular weight excluding hydrogens is 265 g/mol. The summed E-state index contributed by atoms with van der Waals surface area (Å²) in [7, 11) is 0. The minimum absolute atomic E-state index is 0.149. The van der Waals surface area contributed by atoms with E-state index in [4.69, 9.17) is 16.1 Å². The van der Waals surface area contributed by atoms with Crippen molar-refractivity contribution in [1.29, 1.82) is 0 Å². The van der Waals surface area contributed by atoms with Crippen LogP contribution in [0, 0.1) is 0 Å². The molecule has 1 aromatic carbocycles. The van der Waals surface area contributed by atoms with E-state index in [0.29, 0.717) is 11.1 Å². The molecule has 0 saturated carbocycles. The molecule has 0 spiro atoms. The lowest BCUT2D eigenvalue weighted by atomic mass is 10.1. The Labute approximate surface area is 102 Å². The number of carbonyl (C=O) groups is 2. The van der Waals surface area contributed by atoms with Crippen LogP contribution in [-0.4, -0.2) is 34.3 Å². The normalized spacial score (nSPS) is 18.1. The van der Waals surface area contributed by atoms with Gasteiger partial charge in [-0.3, -0.25) is 19.1 Å². The van der Waals surface area contributed by atoms with Crippen molar-refractivity contribution >= 4 is 29.8 Å². The predicted molar refractivity (Wildman–Crippen MR) is 62.4 cm³/mol. The number of hydrogen-bond donors (Lipinski definition) is 1. The lowest BCUT2D eigenvalue weighted by Gasteiger charge is -2.13. The molecule has 0 fully saturated rings. The highest BCUT2D eigenvalue weighted by molar-refractivity contribution is 7.84. The van der Waals surface area contributed by atoms with Crippen LogP contribution >= 0.6 is 18.0 Å². The van der Waals surface area contributed by atoms with Crippen LogP contribution in [0.5, 0.6) is 0 Å². The second-order valence-electron chi connectivity index (χ2n) is 3.65. The number of halogens is 1. The summed E-state index contributed by atoms with van der Waals surface area (Å²) in [4.78, 5) is 33.5. The molecule has 1 heterocycles. The molecule has 90 valence electrons. The van der Waals surface area contributed by atoms with E-state index < -0.39 is 18.5 Å². The molecule has 1 aliphatic heterocycles. The van der Waals surface area contributed by atoms with E-state index in [1.165, 1.54) is 0 Å². The first-order chi connectivity index (χ1) is 7.90. The Morgan fingerprint density at radius 1 is 1.18 bits per heavy atom. The van der Waals surface area contributed by atoms with E-state index in [-0.39, 0.29) is 12.7 Å². The highest BCUT2D eigenvalue weighted by Crippen LogP contribution is 2.46. The maximum atomic E-state index is 11.8. The highest BCUT2D eigenvalue weighted by Gasteiger charge is 2.35. The number of carbonyl (C=O) groups excluding carboxylic acids is 2. The van der Waals surface area contributed by atoms with Crippen LogP contribution in [-0.2, 0) is 4.57 Å². The number of benzene rings is 1. The van der Waals surface area contributed by atoms with Crippen molar-refractivity contribution in [2.24, 2.45) is 0 Å². The molecule has 7 heteroatoms. The second kappa shape index (κ2) is 4.26. The average molecular weight is 274 g/mol. The minimum Gasteiger partial charge on any atom is -0.333 e. The summed E-state index contributed by atoms with van der Waals surface area (Å²) in [6, 6.07) is 6.42. The SMILES string of the molecule is O=C1c2ccccc2C(=O)N1CCP(=O)(O)Cl. The van der Waals surface area contributed by atoms with E-state index >= 15 is 0 Å². The van der Waals surface area contributed by atoms with E-state index in [1.807, 2.05) is 0 Å². The van der Waals surface area contributed by atoms with Crippen LogP contribution in [0.2, 0.25) is 0 Å². The predicted octanol–water partition coefficient (Wildman–Crippen LogP) is 1.71. The van der Waals surface area contributed by atoms with Gasteiger partial charge in [-0.05, 0) is 23.4 Å². The van der Waals surface area contributed by atoms with Gasteiger partial charge in [-0.2, -0.15) is 0 Å². The van der Waals surface area contributed by atoms with E-state index in [1.54, 1.807) is 24.3 Å². The summed E-state index contributed by atoms with van der Waals surface area (Å²) < 4.78 is 10.9. The molecule has 1 aromatic rings. The number of nitrogens with zero attached hydrogens (tertiary/aromatic N) is 1. The Kier molecular flexibility index (Phi) is 3.08.